The van der Waals surface area contributed by atoms with Crippen LogP contribution in [0, 0.1) is 6.92 Å². The fourth-order valence-corrected chi connectivity index (χ4v) is 4.54. The lowest BCUT2D eigenvalue weighted by Crippen LogP contribution is -2.42. The number of anilines is 1. The van der Waals surface area contributed by atoms with Gasteiger partial charge in [-0.2, -0.15) is 5.10 Å². The Kier molecular flexibility index (Phi) is 7.39. The predicted molar refractivity (Wildman–Crippen MR) is 134 cm³/mol. The van der Waals surface area contributed by atoms with E-state index >= 15 is 0 Å². The third-order valence-electron chi connectivity index (χ3n) is 5.79. The maximum Gasteiger partial charge on any atom is 0.331 e. The summed E-state index contributed by atoms with van der Waals surface area (Å²) in [6.07, 6.45) is 3.72. The lowest BCUT2D eigenvalue weighted by atomic mass is 10.0. The smallest absolute Gasteiger partial charge is 0.331 e. The van der Waals surface area contributed by atoms with E-state index in [2.05, 4.69) is 5.10 Å². The first-order valence-corrected chi connectivity index (χ1v) is 11.8. The second kappa shape index (κ2) is 10.5. The Labute approximate surface area is 208 Å². The number of hydrogen-bond donors (Lipinski definition) is 0. The molecule has 0 N–H and O–H groups in total. The molecule has 0 saturated heterocycles. The van der Waals surface area contributed by atoms with E-state index in [1.165, 1.54) is 6.08 Å². The van der Waals surface area contributed by atoms with E-state index in [1.807, 2.05) is 48.5 Å². The molecule has 1 aliphatic heterocycles. The molecule has 6 nitrogen and oxygen atoms in total. The zero-order valence-corrected chi connectivity index (χ0v) is 20.5. The second-order valence-electron chi connectivity index (χ2n) is 8.17. The monoisotopic (exact) mass is 497 g/mol. The molecular formula is C26H25Cl2N3O3. The number of aromatic nitrogens is 2. The van der Waals surface area contributed by atoms with Crippen LogP contribution >= 0.6 is 23.2 Å². The third kappa shape index (κ3) is 5.18. The van der Waals surface area contributed by atoms with Crippen molar-refractivity contribution in [1.82, 2.24) is 9.78 Å². The number of nitrogens with zero attached hydrogens (tertiary/aromatic N) is 3. The van der Waals surface area contributed by atoms with E-state index in [0.717, 1.165) is 29.7 Å². The van der Waals surface area contributed by atoms with E-state index in [0.29, 0.717) is 34.5 Å². The highest BCUT2D eigenvalue weighted by Gasteiger charge is 2.28. The van der Waals surface area contributed by atoms with Crippen LogP contribution in [0.4, 0.5) is 5.69 Å². The number of aryl methyl sites for hydroxylation is 2. The largest absolute Gasteiger partial charge is 0.449 e. The molecule has 2 heterocycles. The summed E-state index contributed by atoms with van der Waals surface area (Å²) in [6, 6.07) is 15.3. The van der Waals surface area contributed by atoms with Gasteiger partial charge in [-0.1, -0.05) is 59.6 Å². The second-order valence-corrected chi connectivity index (χ2v) is 8.94. The molecule has 0 spiro atoms. The topological polar surface area (TPSA) is 64.4 Å². The van der Waals surface area contributed by atoms with E-state index in [4.69, 9.17) is 27.9 Å². The summed E-state index contributed by atoms with van der Waals surface area (Å²) < 4.78 is 7.02. The molecule has 1 aromatic heterocycles. The molecule has 0 bridgehead atoms. The lowest BCUT2D eigenvalue weighted by molar-refractivity contribution is -0.149. The molecule has 1 aliphatic rings. The first-order valence-electron chi connectivity index (χ1n) is 11.1. The van der Waals surface area contributed by atoms with Crippen molar-refractivity contribution < 1.29 is 14.3 Å². The van der Waals surface area contributed by atoms with Crippen LogP contribution in [-0.4, -0.2) is 34.3 Å². The molecular weight excluding hydrogens is 473 g/mol. The van der Waals surface area contributed by atoms with Gasteiger partial charge >= 0.3 is 5.97 Å². The Morgan fingerprint density at radius 2 is 1.88 bits per heavy atom. The van der Waals surface area contributed by atoms with Gasteiger partial charge in [-0.3, -0.25) is 4.79 Å². The summed E-state index contributed by atoms with van der Waals surface area (Å²) in [5.41, 5.74) is 4.16. The Bertz CT molecular complexity index is 1250. The highest BCUT2D eigenvalue weighted by molar-refractivity contribution is 6.32. The molecule has 0 aliphatic carbocycles. The van der Waals surface area contributed by atoms with Crippen LogP contribution in [0.3, 0.4) is 0 Å². The normalized spacial score (nSPS) is 14.2. The van der Waals surface area contributed by atoms with Gasteiger partial charge in [0.15, 0.2) is 6.10 Å². The van der Waals surface area contributed by atoms with Crippen LogP contribution in [0.15, 0.2) is 54.6 Å². The highest BCUT2D eigenvalue weighted by Crippen LogP contribution is 2.28. The zero-order chi connectivity index (χ0) is 24.2. The van der Waals surface area contributed by atoms with Gasteiger partial charge in [0.2, 0.25) is 0 Å². The van der Waals surface area contributed by atoms with Crippen LogP contribution in [0.1, 0.15) is 35.7 Å². The molecule has 176 valence electrons. The van der Waals surface area contributed by atoms with Gasteiger partial charge in [0.25, 0.3) is 5.91 Å². The number of hydrogen-bond acceptors (Lipinski definition) is 4. The minimum absolute atomic E-state index is 0.240. The molecule has 3 aromatic rings. The number of ether oxygens (including phenoxy) is 1. The van der Waals surface area contributed by atoms with Crippen molar-refractivity contribution in [3.63, 3.8) is 0 Å². The van der Waals surface area contributed by atoms with Gasteiger partial charge < -0.3 is 9.64 Å². The molecule has 1 amide bonds. The number of carbonyl (C=O) groups is 2. The Balaban J connectivity index is 1.42. The molecule has 34 heavy (non-hydrogen) atoms. The van der Waals surface area contributed by atoms with Crippen molar-refractivity contribution in [2.45, 2.75) is 39.3 Å². The number of amides is 1. The first-order chi connectivity index (χ1) is 16.3. The minimum atomic E-state index is -0.914. The van der Waals surface area contributed by atoms with Crippen molar-refractivity contribution in [2.75, 3.05) is 11.4 Å². The van der Waals surface area contributed by atoms with Crippen LogP contribution < -0.4 is 4.90 Å². The third-order valence-corrected chi connectivity index (χ3v) is 6.56. The van der Waals surface area contributed by atoms with Crippen molar-refractivity contribution in [1.29, 1.82) is 0 Å². The van der Waals surface area contributed by atoms with E-state index in [-0.39, 0.29) is 5.91 Å². The maximum atomic E-state index is 13.0. The molecule has 8 heteroatoms. The Morgan fingerprint density at radius 3 is 2.68 bits per heavy atom. The minimum Gasteiger partial charge on any atom is -0.449 e. The van der Waals surface area contributed by atoms with Crippen LogP contribution in [0.5, 0.6) is 0 Å². The molecule has 0 fully saturated rings. The SMILES string of the molecule is Cc1nn(Cc2ccccc2Cl)c(Cl)c1/C=C/C(=O)O[C@@H](C)C(=O)N1CCCc2ccccc21. The average Bonchev–Trinajstić information content (AvgIpc) is 3.10. The number of esters is 1. The van der Waals surface area contributed by atoms with Gasteiger partial charge in [0.05, 0.1) is 12.2 Å². The van der Waals surface area contributed by atoms with E-state index in [1.54, 1.807) is 29.5 Å². The number of rotatable bonds is 6. The predicted octanol–water partition coefficient (Wildman–Crippen LogP) is 5.47. The number of fused-ring (bicyclic) bond motifs is 1. The Morgan fingerprint density at radius 1 is 1.15 bits per heavy atom. The number of halogens is 2. The summed E-state index contributed by atoms with van der Waals surface area (Å²) in [7, 11) is 0. The van der Waals surface area contributed by atoms with Crippen LogP contribution in [0.2, 0.25) is 10.2 Å². The van der Waals surface area contributed by atoms with Crippen molar-refractivity contribution >= 4 is 46.8 Å². The first kappa shape index (κ1) is 24.0. The fourth-order valence-electron chi connectivity index (χ4n) is 4.05. The lowest BCUT2D eigenvalue weighted by Gasteiger charge is -2.31. The molecule has 0 radical (unpaired) electrons. The fraction of sp³-hybridized carbons (Fsp3) is 0.269. The number of para-hydroxylation sites is 1. The van der Waals surface area contributed by atoms with Gasteiger partial charge in [0.1, 0.15) is 5.15 Å². The van der Waals surface area contributed by atoms with Crippen LogP contribution in [-0.2, 0) is 27.3 Å². The molecule has 4 rings (SSSR count). The van der Waals surface area contributed by atoms with Crippen LogP contribution in [0.25, 0.3) is 6.08 Å². The van der Waals surface area contributed by atoms with Gasteiger partial charge in [-0.05, 0) is 56.0 Å². The summed E-state index contributed by atoms with van der Waals surface area (Å²) in [5, 5.41) is 5.47. The molecule has 0 unspecified atom stereocenters. The summed E-state index contributed by atoms with van der Waals surface area (Å²) >= 11 is 12.8. The van der Waals surface area contributed by atoms with Crippen molar-refractivity contribution in [2.24, 2.45) is 0 Å². The Hall–Kier alpha value is -3.09. The molecule has 1 atom stereocenters. The zero-order valence-electron chi connectivity index (χ0n) is 19.0. The standard InChI is InChI=1S/C26H25Cl2N3O3/c1-17-21(25(28)31(29-17)16-20-9-3-5-11-22(20)27)13-14-24(32)34-18(2)26(33)30-15-7-10-19-8-4-6-12-23(19)30/h3-6,8-9,11-14,18H,7,10,15-16H2,1-2H3/b14-13+/t18-/m0/s1. The maximum absolute atomic E-state index is 13.0. The summed E-state index contributed by atoms with van der Waals surface area (Å²) in [5.74, 6) is -0.865. The molecule has 0 saturated carbocycles. The van der Waals surface area contributed by atoms with Crippen molar-refractivity contribution in [3.05, 3.63) is 87.2 Å². The summed E-state index contributed by atoms with van der Waals surface area (Å²) in [6.45, 7) is 4.40. The van der Waals surface area contributed by atoms with Gasteiger partial charge in [0, 0.05) is 28.9 Å². The van der Waals surface area contributed by atoms with Crippen molar-refractivity contribution in [3.8, 4) is 0 Å². The average molecular weight is 498 g/mol. The summed E-state index contributed by atoms with van der Waals surface area (Å²) in [4.78, 5) is 27.1. The molecule has 2 aromatic carbocycles. The number of benzene rings is 2. The number of carbonyl (C=O) groups excluding carboxylic acids is 2. The highest BCUT2D eigenvalue weighted by atomic mass is 35.5. The van der Waals surface area contributed by atoms with Gasteiger partial charge in [-0.15, -0.1) is 0 Å². The quantitative estimate of drug-likeness (QED) is 0.334. The van der Waals surface area contributed by atoms with E-state index in [9.17, 15) is 9.59 Å². The van der Waals surface area contributed by atoms with E-state index < -0.39 is 12.1 Å². The van der Waals surface area contributed by atoms with Gasteiger partial charge in [-0.25, -0.2) is 9.48 Å².